The maximum atomic E-state index is 10.3. The van der Waals surface area contributed by atoms with Crippen LogP contribution >= 0.6 is 0 Å². The quantitative estimate of drug-likeness (QED) is 0.211. The minimum Gasteiger partial charge on any atom is -0.748 e. The molecule has 122 valence electrons. The average molecular weight is 371 g/mol. The van der Waals surface area contributed by atoms with E-state index in [0.29, 0.717) is 6.42 Å². The van der Waals surface area contributed by atoms with Gasteiger partial charge in [0.05, 0.1) is 10.1 Å². The third kappa shape index (κ3) is 43.1. The van der Waals surface area contributed by atoms with Gasteiger partial charge in [-0.2, -0.15) is 0 Å². The normalized spacial score (nSPS) is 9.77. The second-order valence-electron chi connectivity index (χ2n) is 4.94. The summed E-state index contributed by atoms with van der Waals surface area (Å²) in [5.41, 5.74) is 0. The molecule has 0 heterocycles. The van der Waals surface area contributed by atoms with E-state index in [2.05, 4.69) is 6.92 Å². The number of unbranched alkanes of at least 4 members (excludes halogenated alkanes) is 9. The Morgan fingerprint density at radius 2 is 1.14 bits per heavy atom. The number of hydrogen-bond acceptors (Lipinski definition) is 5. The number of hydrogen-bond donors (Lipinski definition) is 0. The number of carbonyl (C=O) groups is 1. The summed E-state index contributed by atoms with van der Waals surface area (Å²) in [5, 5.41) is 8.89. The first-order valence-corrected chi connectivity index (χ1v) is 8.98. The summed E-state index contributed by atoms with van der Waals surface area (Å²) < 4.78 is 30.9. The van der Waals surface area contributed by atoms with Crippen LogP contribution in [0.15, 0.2) is 0 Å². The Balaban J connectivity index is -0.000000240. The van der Waals surface area contributed by atoms with Crippen molar-refractivity contribution in [3.63, 3.8) is 0 Å². The minimum absolute atomic E-state index is 0. The first-order valence-electron chi connectivity index (χ1n) is 7.40. The monoisotopic (exact) mass is 370 g/mol. The zero-order valence-electron chi connectivity index (χ0n) is 14.7. The molecule has 0 saturated heterocycles. The summed E-state index contributed by atoms with van der Waals surface area (Å²) in [5.74, 6) is -1.27. The van der Waals surface area contributed by atoms with Crippen molar-refractivity contribution in [1.29, 1.82) is 0 Å². The van der Waals surface area contributed by atoms with Gasteiger partial charge in [0.1, 0.15) is 0 Å². The molecule has 0 N–H and O–H groups in total. The maximum Gasteiger partial charge on any atom is 1.00 e. The summed E-state index contributed by atoms with van der Waals surface area (Å²) in [7, 11) is -3.98. The standard InChI is InChI=1S/C12H26O3S.C2H4O2.K.Na/c1-2-3-4-5-6-7-8-9-10-11-12-16(13,14)15;1-2(3)4;;/h2-12H2,1H3,(H,13,14,15);1H3,(H,3,4);;/q;;2*+1/p-2. The summed E-state index contributed by atoms with van der Waals surface area (Å²) in [6, 6.07) is 0. The third-order valence-electron chi connectivity index (χ3n) is 2.75. The molecule has 0 aliphatic rings. The molecular formula is C14H28KNaO5S. The molecule has 22 heavy (non-hydrogen) atoms. The van der Waals surface area contributed by atoms with Crippen LogP contribution in [0.25, 0.3) is 0 Å². The van der Waals surface area contributed by atoms with E-state index in [4.69, 9.17) is 9.90 Å². The Labute approximate surface area is 200 Å². The molecule has 0 bridgehead atoms. The SMILES string of the molecule is CC(=O)[O-].CCCCCCCCCCCCS(=O)(=O)[O-].[K+].[Na+]. The fraction of sp³-hybridized carbons (Fsp3) is 0.929. The van der Waals surface area contributed by atoms with Gasteiger partial charge < -0.3 is 14.5 Å². The van der Waals surface area contributed by atoms with Crippen molar-refractivity contribution in [3.05, 3.63) is 0 Å². The molecule has 0 aromatic heterocycles. The number of aliphatic carboxylic acids is 1. The Morgan fingerprint density at radius 3 is 1.41 bits per heavy atom. The van der Waals surface area contributed by atoms with E-state index in [1.165, 1.54) is 44.9 Å². The van der Waals surface area contributed by atoms with Gasteiger partial charge in [0.25, 0.3) is 0 Å². The molecule has 0 saturated carbocycles. The Bertz CT molecular complexity index is 319. The summed E-state index contributed by atoms with van der Waals surface area (Å²) in [6.45, 7) is 3.18. The Hall–Kier alpha value is 2.02. The van der Waals surface area contributed by atoms with Crippen LogP contribution in [0.5, 0.6) is 0 Å². The van der Waals surface area contributed by atoms with Gasteiger partial charge in [0, 0.05) is 11.7 Å². The van der Waals surface area contributed by atoms with Crippen LogP contribution in [0.1, 0.15) is 78.1 Å². The van der Waals surface area contributed by atoms with Crippen LogP contribution < -0.4 is 86.0 Å². The molecule has 0 aliphatic heterocycles. The molecule has 0 fully saturated rings. The third-order valence-corrected chi connectivity index (χ3v) is 3.54. The van der Waals surface area contributed by atoms with E-state index < -0.39 is 16.1 Å². The van der Waals surface area contributed by atoms with Crippen LogP contribution in [-0.4, -0.2) is 24.7 Å². The van der Waals surface area contributed by atoms with Gasteiger partial charge in [-0.05, 0) is 13.3 Å². The van der Waals surface area contributed by atoms with Crippen molar-refractivity contribution < 1.29 is 104 Å². The Morgan fingerprint density at radius 1 is 0.864 bits per heavy atom. The van der Waals surface area contributed by atoms with Crippen molar-refractivity contribution in [2.75, 3.05) is 5.75 Å². The molecule has 0 radical (unpaired) electrons. The van der Waals surface area contributed by atoms with Gasteiger partial charge in [-0.1, -0.05) is 64.7 Å². The van der Waals surface area contributed by atoms with Gasteiger partial charge in [0.2, 0.25) is 0 Å². The Kier molecular flexibility index (Phi) is 33.2. The van der Waals surface area contributed by atoms with Gasteiger partial charge >= 0.3 is 80.9 Å². The zero-order chi connectivity index (χ0) is 15.9. The first kappa shape index (κ1) is 31.8. The zero-order valence-corrected chi connectivity index (χ0v) is 20.7. The maximum absolute atomic E-state index is 10.3. The van der Waals surface area contributed by atoms with Crippen LogP contribution in [-0.2, 0) is 14.9 Å². The molecule has 5 nitrogen and oxygen atoms in total. The molecule has 8 heteroatoms. The van der Waals surface area contributed by atoms with Gasteiger partial charge in [-0.25, -0.2) is 8.42 Å². The van der Waals surface area contributed by atoms with Gasteiger partial charge in [0.15, 0.2) is 0 Å². The molecule has 0 unspecified atom stereocenters. The number of rotatable bonds is 11. The van der Waals surface area contributed by atoms with Crippen molar-refractivity contribution in [2.45, 2.75) is 78.1 Å². The number of carbonyl (C=O) groups excluding carboxylic acids is 1. The summed E-state index contributed by atoms with van der Waals surface area (Å²) in [6.07, 6.45) is 11.4. The van der Waals surface area contributed by atoms with E-state index in [1.807, 2.05) is 0 Å². The molecule has 0 aromatic rings. The van der Waals surface area contributed by atoms with Crippen LogP contribution in [0.4, 0.5) is 0 Å². The number of carboxylic acid groups (broad SMARTS) is 1. The fourth-order valence-electron chi connectivity index (χ4n) is 1.77. The van der Waals surface area contributed by atoms with Crippen LogP contribution in [0, 0.1) is 0 Å². The number of carboxylic acids is 1. The first-order chi connectivity index (χ1) is 9.29. The second kappa shape index (κ2) is 23.0. The predicted molar refractivity (Wildman–Crippen MR) is 77.1 cm³/mol. The predicted octanol–water partition coefficient (Wildman–Crippen LogP) is -3.78. The molecular weight excluding hydrogens is 342 g/mol. The molecule has 0 amide bonds. The van der Waals surface area contributed by atoms with Gasteiger partial charge in [-0.3, -0.25) is 0 Å². The van der Waals surface area contributed by atoms with Crippen molar-refractivity contribution in [2.24, 2.45) is 0 Å². The fourth-order valence-corrected chi connectivity index (χ4v) is 2.32. The van der Waals surface area contributed by atoms with Crippen LogP contribution in [0.2, 0.25) is 0 Å². The second-order valence-corrected chi connectivity index (χ2v) is 6.46. The molecule has 0 aliphatic carbocycles. The van der Waals surface area contributed by atoms with Crippen LogP contribution in [0.3, 0.4) is 0 Å². The topological polar surface area (TPSA) is 97.3 Å². The van der Waals surface area contributed by atoms with E-state index in [1.54, 1.807) is 0 Å². The average Bonchev–Trinajstić information content (AvgIpc) is 2.29. The minimum atomic E-state index is -3.98. The van der Waals surface area contributed by atoms with E-state index in [0.717, 1.165) is 19.8 Å². The van der Waals surface area contributed by atoms with E-state index >= 15 is 0 Å². The molecule has 0 spiro atoms. The van der Waals surface area contributed by atoms with E-state index in [9.17, 15) is 13.0 Å². The molecule has 0 rings (SSSR count). The van der Waals surface area contributed by atoms with Crippen molar-refractivity contribution >= 4 is 16.1 Å². The van der Waals surface area contributed by atoms with Gasteiger partial charge in [-0.15, -0.1) is 0 Å². The van der Waals surface area contributed by atoms with Crippen molar-refractivity contribution in [3.8, 4) is 0 Å². The van der Waals surface area contributed by atoms with E-state index in [-0.39, 0.29) is 86.7 Å². The smallest absolute Gasteiger partial charge is 0.748 e. The molecule has 0 atom stereocenters. The summed E-state index contributed by atoms with van der Waals surface area (Å²) >= 11 is 0. The largest absolute Gasteiger partial charge is 1.00 e. The summed E-state index contributed by atoms with van der Waals surface area (Å²) in [4.78, 5) is 8.89. The van der Waals surface area contributed by atoms with Crippen molar-refractivity contribution in [1.82, 2.24) is 0 Å². The molecule has 0 aromatic carbocycles.